The number of hydrogen-bond acceptors (Lipinski definition) is 1. The second kappa shape index (κ2) is 6.04. The van der Waals surface area contributed by atoms with Crippen LogP contribution in [-0.4, -0.2) is 5.54 Å². The van der Waals surface area contributed by atoms with Gasteiger partial charge in [0.1, 0.15) is 0 Å². The van der Waals surface area contributed by atoms with Gasteiger partial charge in [-0.1, -0.05) is 68.7 Å². The van der Waals surface area contributed by atoms with Gasteiger partial charge in [0, 0.05) is 5.54 Å². The molecule has 3 saturated carbocycles. The molecular formula is C22H43N. The van der Waals surface area contributed by atoms with Crippen LogP contribution in [0, 0.1) is 46.3 Å². The fourth-order valence-corrected chi connectivity index (χ4v) is 6.63. The summed E-state index contributed by atoms with van der Waals surface area (Å²) in [4.78, 5) is 0. The number of fused-ring (bicyclic) bond motifs is 6. The first kappa shape index (κ1) is 19.3. The van der Waals surface area contributed by atoms with Gasteiger partial charge in [0.2, 0.25) is 0 Å². The second-order valence-electron chi connectivity index (χ2n) is 10.5. The highest BCUT2D eigenvalue weighted by atomic mass is 14.9. The standard InChI is InChI=1S/C22H43N/c1-10-11-19-16(4)18-12-14(2)17(5)20(6,7)21(8,9)22(19,23)13-15(18)3/h14-19H,10-13,23H2,1-9H3/t14?,15?,16-,17?,18-,19?,22?/m1/s1. The van der Waals surface area contributed by atoms with Crippen LogP contribution in [0.1, 0.15) is 88.0 Å². The van der Waals surface area contributed by atoms with E-state index in [1.807, 2.05) is 0 Å². The predicted octanol–water partition coefficient (Wildman–Crippen LogP) is 6.12. The largest absolute Gasteiger partial charge is 0.324 e. The monoisotopic (exact) mass is 321 g/mol. The van der Waals surface area contributed by atoms with Gasteiger partial charge in [-0.15, -0.1) is 0 Å². The molecule has 23 heavy (non-hydrogen) atoms. The zero-order valence-corrected chi connectivity index (χ0v) is 17.4. The van der Waals surface area contributed by atoms with Crippen LogP contribution in [0.3, 0.4) is 0 Å². The lowest BCUT2D eigenvalue weighted by Crippen LogP contribution is -2.67. The van der Waals surface area contributed by atoms with Crippen LogP contribution in [0.25, 0.3) is 0 Å². The molecule has 0 radical (unpaired) electrons. The number of rotatable bonds is 2. The molecule has 2 N–H and O–H groups in total. The molecule has 0 aromatic heterocycles. The molecule has 136 valence electrons. The van der Waals surface area contributed by atoms with Crippen molar-refractivity contribution in [2.24, 2.45) is 52.1 Å². The Morgan fingerprint density at radius 1 is 0.957 bits per heavy atom. The minimum atomic E-state index is -0.0415. The van der Waals surface area contributed by atoms with Gasteiger partial charge in [-0.25, -0.2) is 0 Å². The second-order valence-corrected chi connectivity index (χ2v) is 10.5. The Hall–Kier alpha value is -0.0400. The Bertz CT molecular complexity index is 424. The van der Waals surface area contributed by atoms with Crippen molar-refractivity contribution in [3.8, 4) is 0 Å². The van der Waals surface area contributed by atoms with Crippen LogP contribution >= 0.6 is 0 Å². The van der Waals surface area contributed by atoms with Crippen molar-refractivity contribution in [1.82, 2.24) is 0 Å². The highest BCUT2D eigenvalue weighted by Gasteiger charge is 2.61. The number of nitrogens with two attached hydrogens (primary N) is 1. The predicted molar refractivity (Wildman–Crippen MR) is 102 cm³/mol. The summed E-state index contributed by atoms with van der Waals surface area (Å²) in [6.07, 6.45) is 5.15. The van der Waals surface area contributed by atoms with Crippen molar-refractivity contribution >= 4 is 0 Å². The minimum Gasteiger partial charge on any atom is -0.324 e. The highest BCUT2D eigenvalue weighted by molar-refractivity contribution is 5.14. The Morgan fingerprint density at radius 2 is 1.52 bits per heavy atom. The maximum absolute atomic E-state index is 7.41. The fraction of sp³-hybridized carbons (Fsp3) is 1.00. The van der Waals surface area contributed by atoms with Gasteiger partial charge in [0.15, 0.2) is 0 Å². The lowest BCUT2D eigenvalue weighted by molar-refractivity contribution is -0.0954. The van der Waals surface area contributed by atoms with Crippen LogP contribution in [0.4, 0.5) is 0 Å². The quantitative estimate of drug-likeness (QED) is 0.651. The van der Waals surface area contributed by atoms with E-state index in [0.29, 0.717) is 11.8 Å². The van der Waals surface area contributed by atoms with Gasteiger partial charge >= 0.3 is 0 Å². The van der Waals surface area contributed by atoms with E-state index in [0.717, 1.165) is 23.7 Å². The van der Waals surface area contributed by atoms with Gasteiger partial charge in [-0.3, -0.25) is 0 Å². The van der Waals surface area contributed by atoms with E-state index in [1.165, 1.54) is 25.7 Å². The number of hydrogen-bond donors (Lipinski definition) is 1. The summed E-state index contributed by atoms with van der Waals surface area (Å²) in [6, 6.07) is 0. The van der Waals surface area contributed by atoms with E-state index in [2.05, 4.69) is 62.3 Å². The first-order valence-corrected chi connectivity index (χ1v) is 10.2. The minimum absolute atomic E-state index is 0.0415. The molecule has 3 rings (SSSR count). The molecule has 0 spiro atoms. The van der Waals surface area contributed by atoms with E-state index < -0.39 is 0 Å². The van der Waals surface area contributed by atoms with Crippen LogP contribution in [0.5, 0.6) is 0 Å². The van der Waals surface area contributed by atoms with Gasteiger partial charge in [-0.2, -0.15) is 0 Å². The summed E-state index contributed by atoms with van der Waals surface area (Å²) >= 11 is 0. The third-order valence-corrected chi connectivity index (χ3v) is 9.37. The van der Waals surface area contributed by atoms with E-state index >= 15 is 0 Å². The van der Waals surface area contributed by atoms with E-state index in [4.69, 9.17) is 5.73 Å². The van der Waals surface area contributed by atoms with Crippen LogP contribution in [-0.2, 0) is 0 Å². The third-order valence-electron chi connectivity index (χ3n) is 9.37. The van der Waals surface area contributed by atoms with E-state index in [9.17, 15) is 0 Å². The summed E-state index contributed by atoms with van der Waals surface area (Å²) in [5.74, 6) is 4.52. The van der Waals surface area contributed by atoms with Gasteiger partial charge in [-0.05, 0) is 65.6 Å². The van der Waals surface area contributed by atoms with E-state index in [1.54, 1.807) is 0 Å². The molecular weight excluding hydrogens is 278 g/mol. The van der Waals surface area contributed by atoms with Crippen molar-refractivity contribution in [2.45, 2.75) is 93.5 Å². The van der Waals surface area contributed by atoms with Crippen LogP contribution in [0.2, 0.25) is 0 Å². The zero-order chi connectivity index (χ0) is 17.8. The summed E-state index contributed by atoms with van der Waals surface area (Å²) in [5, 5.41) is 0. The molecule has 3 aliphatic rings. The Morgan fingerprint density at radius 3 is 2.04 bits per heavy atom. The van der Waals surface area contributed by atoms with Crippen LogP contribution < -0.4 is 5.73 Å². The summed E-state index contributed by atoms with van der Waals surface area (Å²) in [7, 11) is 0. The van der Waals surface area contributed by atoms with Crippen molar-refractivity contribution in [1.29, 1.82) is 0 Å². The fourth-order valence-electron chi connectivity index (χ4n) is 6.63. The lowest BCUT2D eigenvalue weighted by atomic mass is 9.45. The topological polar surface area (TPSA) is 26.0 Å². The van der Waals surface area contributed by atoms with Crippen molar-refractivity contribution in [3.63, 3.8) is 0 Å². The maximum Gasteiger partial charge on any atom is 0.0245 e. The Kier molecular flexibility index (Phi) is 5.07. The summed E-state index contributed by atoms with van der Waals surface area (Å²) in [6.45, 7) is 22.3. The van der Waals surface area contributed by atoms with Crippen molar-refractivity contribution in [3.05, 3.63) is 0 Å². The average Bonchev–Trinajstić information content (AvgIpc) is 2.47. The Labute approximate surface area is 146 Å². The maximum atomic E-state index is 7.41. The molecule has 0 heterocycles. The first-order valence-electron chi connectivity index (χ1n) is 10.2. The smallest absolute Gasteiger partial charge is 0.0245 e. The zero-order valence-electron chi connectivity index (χ0n) is 17.4. The highest BCUT2D eigenvalue weighted by Crippen LogP contribution is 2.63. The Balaban J connectivity index is 2.65. The molecule has 1 heteroatoms. The van der Waals surface area contributed by atoms with E-state index in [-0.39, 0.29) is 16.4 Å². The molecule has 0 amide bonds. The van der Waals surface area contributed by atoms with Gasteiger partial charge in [0.05, 0.1) is 0 Å². The van der Waals surface area contributed by atoms with Crippen molar-refractivity contribution < 1.29 is 0 Å². The molecule has 0 aromatic carbocycles. The molecule has 2 bridgehead atoms. The molecule has 1 nitrogen and oxygen atoms in total. The normalized spacial score (nSPS) is 49.3. The SMILES string of the molecule is CCCC1[C@H](C)[C@@H]2CC(C)C(C)C(C)(C)C(C)(C)C1(N)CC2C. The molecule has 7 atom stereocenters. The lowest BCUT2D eigenvalue weighted by Gasteiger charge is -2.62. The van der Waals surface area contributed by atoms with Gasteiger partial charge in [0.25, 0.3) is 0 Å². The van der Waals surface area contributed by atoms with Crippen molar-refractivity contribution in [2.75, 3.05) is 0 Å². The van der Waals surface area contributed by atoms with Gasteiger partial charge < -0.3 is 5.73 Å². The molecule has 3 aliphatic carbocycles. The average molecular weight is 322 g/mol. The molecule has 3 fully saturated rings. The molecule has 0 aromatic rings. The molecule has 5 unspecified atom stereocenters. The molecule has 0 saturated heterocycles. The third kappa shape index (κ3) is 2.60. The molecule has 0 aliphatic heterocycles. The van der Waals surface area contributed by atoms with Crippen LogP contribution in [0.15, 0.2) is 0 Å². The summed E-state index contributed by atoms with van der Waals surface area (Å²) in [5.41, 5.74) is 7.77. The summed E-state index contributed by atoms with van der Waals surface area (Å²) < 4.78 is 0. The first-order chi connectivity index (χ1) is 10.4.